The van der Waals surface area contributed by atoms with Gasteiger partial charge in [0.05, 0.1) is 0 Å². The number of anilines is 2. The van der Waals surface area contributed by atoms with Crippen molar-refractivity contribution in [2.45, 2.75) is 38.6 Å². The predicted molar refractivity (Wildman–Crippen MR) is 112 cm³/mol. The van der Waals surface area contributed by atoms with Crippen LogP contribution in [-0.4, -0.2) is 31.1 Å². The van der Waals surface area contributed by atoms with Crippen molar-refractivity contribution in [3.05, 3.63) is 54.6 Å². The Labute approximate surface area is 171 Å². The van der Waals surface area contributed by atoms with Crippen molar-refractivity contribution in [1.82, 2.24) is 5.32 Å². The molecule has 6 heteroatoms. The van der Waals surface area contributed by atoms with Crippen LogP contribution in [0.1, 0.15) is 32.6 Å². The normalized spacial score (nSPS) is 18.5. The summed E-state index contributed by atoms with van der Waals surface area (Å²) >= 11 is 0. The van der Waals surface area contributed by atoms with Crippen LogP contribution >= 0.6 is 0 Å². The first-order valence-electron chi connectivity index (χ1n) is 10.1. The van der Waals surface area contributed by atoms with E-state index in [1.54, 1.807) is 12.1 Å². The lowest BCUT2D eigenvalue weighted by Crippen LogP contribution is -2.43. The van der Waals surface area contributed by atoms with E-state index in [0.717, 1.165) is 30.6 Å². The molecule has 2 N–H and O–H groups in total. The summed E-state index contributed by atoms with van der Waals surface area (Å²) in [4.78, 5) is 23.8. The molecule has 0 aliphatic heterocycles. The summed E-state index contributed by atoms with van der Waals surface area (Å²) in [5.74, 6) is 0.198. The molecule has 0 heterocycles. The molecule has 154 valence electrons. The van der Waals surface area contributed by atoms with E-state index < -0.39 is 5.97 Å². The SMILES string of the molecule is C[C@@H]1CCCC[C@@H]1NC(=O)COC(=O)COc1ccc(Nc2ccccc2)cc1. The van der Waals surface area contributed by atoms with Gasteiger partial charge in [-0.25, -0.2) is 4.79 Å². The maximum Gasteiger partial charge on any atom is 0.344 e. The third-order valence-electron chi connectivity index (χ3n) is 5.10. The first-order chi connectivity index (χ1) is 14.1. The molecule has 29 heavy (non-hydrogen) atoms. The summed E-state index contributed by atoms with van der Waals surface area (Å²) in [6.07, 6.45) is 4.45. The number of nitrogens with one attached hydrogen (secondary N) is 2. The van der Waals surface area contributed by atoms with Crippen LogP contribution in [0.2, 0.25) is 0 Å². The third kappa shape index (κ3) is 6.82. The molecule has 0 radical (unpaired) electrons. The maximum absolute atomic E-state index is 12.0. The van der Waals surface area contributed by atoms with Gasteiger partial charge in [0, 0.05) is 17.4 Å². The van der Waals surface area contributed by atoms with Crippen molar-refractivity contribution in [1.29, 1.82) is 0 Å². The Morgan fingerprint density at radius 3 is 2.34 bits per heavy atom. The molecule has 2 aromatic rings. The van der Waals surface area contributed by atoms with Gasteiger partial charge in [-0.05, 0) is 55.2 Å². The highest BCUT2D eigenvalue weighted by molar-refractivity contribution is 5.81. The van der Waals surface area contributed by atoms with Crippen LogP contribution in [0.4, 0.5) is 11.4 Å². The third-order valence-corrected chi connectivity index (χ3v) is 5.10. The standard InChI is InChI=1S/C23H28N2O4/c1-17-7-5-6-10-21(17)25-22(26)15-29-23(27)16-28-20-13-11-19(12-14-20)24-18-8-3-2-4-9-18/h2-4,8-9,11-14,17,21,24H,5-7,10,15-16H2,1H3,(H,25,26)/t17-,21+/m1/s1. The number of para-hydroxylation sites is 1. The number of benzene rings is 2. The van der Waals surface area contributed by atoms with Crippen molar-refractivity contribution < 1.29 is 19.1 Å². The van der Waals surface area contributed by atoms with Gasteiger partial charge in [0.15, 0.2) is 13.2 Å². The lowest BCUT2D eigenvalue weighted by atomic mass is 9.86. The van der Waals surface area contributed by atoms with Crippen LogP contribution < -0.4 is 15.4 Å². The Hall–Kier alpha value is -3.02. The van der Waals surface area contributed by atoms with Crippen molar-refractivity contribution in [3.63, 3.8) is 0 Å². The topological polar surface area (TPSA) is 76.7 Å². The van der Waals surface area contributed by atoms with Gasteiger partial charge in [-0.15, -0.1) is 0 Å². The van der Waals surface area contributed by atoms with Crippen LogP contribution in [0, 0.1) is 5.92 Å². The number of amides is 1. The highest BCUT2D eigenvalue weighted by atomic mass is 16.6. The molecule has 2 aromatic carbocycles. The minimum Gasteiger partial charge on any atom is -0.482 e. The molecule has 0 bridgehead atoms. The Bertz CT molecular complexity index is 792. The van der Waals surface area contributed by atoms with Gasteiger partial charge in [-0.1, -0.05) is 38.0 Å². The fourth-order valence-electron chi connectivity index (χ4n) is 3.43. The van der Waals surface area contributed by atoms with Crippen molar-refractivity contribution in [2.75, 3.05) is 18.5 Å². The summed E-state index contributed by atoms with van der Waals surface area (Å²) in [7, 11) is 0. The van der Waals surface area contributed by atoms with E-state index in [1.807, 2.05) is 42.5 Å². The van der Waals surface area contributed by atoms with Gasteiger partial charge in [0.2, 0.25) is 0 Å². The highest BCUT2D eigenvalue weighted by Crippen LogP contribution is 2.23. The summed E-state index contributed by atoms with van der Waals surface area (Å²) < 4.78 is 10.5. The highest BCUT2D eigenvalue weighted by Gasteiger charge is 2.23. The Morgan fingerprint density at radius 2 is 1.62 bits per heavy atom. The first-order valence-corrected chi connectivity index (χ1v) is 10.1. The molecule has 3 rings (SSSR count). The molecule has 1 aliphatic rings. The molecule has 6 nitrogen and oxygen atoms in total. The minimum atomic E-state index is -0.566. The average molecular weight is 396 g/mol. The van der Waals surface area contributed by atoms with Gasteiger partial charge in [-0.3, -0.25) is 4.79 Å². The van der Waals surface area contributed by atoms with E-state index in [2.05, 4.69) is 17.6 Å². The van der Waals surface area contributed by atoms with E-state index in [4.69, 9.17) is 9.47 Å². The molecule has 1 fully saturated rings. The molecule has 2 atom stereocenters. The minimum absolute atomic E-state index is 0.175. The van der Waals surface area contributed by atoms with E-state index in [0.29, 0.717) is 11.7 Å². The van der Waals surface area contributed by atoms with E-state index >= 15 is 0 Å². The molecule has 1 amide bonds. The summed E-state index contributed by atoms with van der Waals surface area (Å²) in [6, 6.07) is 17.3. The number of carbonyl (C=O) groups is 2. The molecule has 0 saturated heterocycles. The van der Waals surface area contributed by atoms with E-state index in [1.165, 1.54) is 6.42 Å². The molecular formula is C23H28N2O4. The number of esters is 1. The lowest BCUT2D eigenvalue weighted by molar-refractivity contribution is -0.150. The largest absolute Gasteiger partial charge is 0.482 e. The molecule has 1 saturated carbocycles. The Morgan fingerprint density at radius 1 is 0.931 bits per heavy atom. The number of hydrogen-bond acceptors (Lipinski definition) is 5. The molecular weight excluding hydrogens is 368 g/mol. The summed E-state index contributed by atoms with van der Waals surface area (Å²) in [5.41, 5.74) is 1.91. The Balaban J connectivity index is 1.36. The monoisotopic (exact) mass is 396 g/mol. The van der Waals surface area contributed by atoms with Crippen LogP contribution in [-0.2, 0) is 14.3 Å². The number of rotatable bonds is 8. The average Bonchev–Trinajstić information content (AvgIpc) is 2.74. The van der Waals surface area contributed by atoms with Crippen molar-refractivity contribution >= 4 is 23.3 Å². The number of hydrogen-bond donors (Lipinski definition) is 2. The van der Waals surface area contributed by atoms with Gasteiger partial charge in [0.1, 0.15) is 5.75 Å². The number of ether oxygens (including phenoxy) is 2. The van der Waals surface area contributed by atoms with Crippen molar-refractivity contribution in [3.8, 4) is 5.75 Å². The quantitative estimate of drug-likeness (QED) is 0.659. The fourth-order valence-corrected chi connectivity index (χ4v) is 3.43. The predicted octanol–water partition coefficient (Wildman–Crippen LogP) is 4.05. The summed E-state index contributed by atoms with van der Waals surface area (Å²) in [5, 5.41) is 6.23. The van der Waals surface area contributed by atoms with Gasteiger partial charge in [0.25, 0.3) is 5.91 Å². The van der Waals surface area contributed by atoms with E-state index in [9.17, 15) is 9.59 Å². The smallest absolute Gasteiger partial charge is 0.344 e. The van der Waals surface area contributed by atoms with Gasteiger partial charge < -0.3 is 20.1 Å². The summed E-state index contributed by atoms with van der Waals surface area (Å²) in [6.45, 7) is 1.63. The van der Waals surface area contributed by atoms with Gasteiger partial charge in [-0.2, -0.15) is 0 Å². The zero-order valence-corrected chi connectivity index (χ0v) is 16.7. The maximum atomic E-state index is 12.0. The number of carbonyl (C=O) groups excluding carboxylic acids is 2. The van der Waals surface area contributed by atoms with Crippen LogP contribution in [0.5, 0.6) is 5.75 Å². The molecule has 0 aromatic heterocycles. The second kappa shape index (κ2) is 10.5. The molecule has 1 aliphatic carbocycles. The van der Waals surface area contributed by atoms with Gasteiger partial charge >= 0.3 is 5.97 Å². The zero-order chi connectivity index (χ0) is 20.5. The second-order valence-electron chi connectivity index (χ2n) is 7.40. The fraction of sp³-hybridized carbons (Fsp3) is 0.391. The lowest BCUT2D eigenvalue weighted by Gasteiger charge is -2.29. The molecule has 0 spiro atoms. The first kappa shape index (κ1) is 20.7. The van der Waals surface area contributed by atoms with Crippen molar-refractivity contribution in [2.24, 2.45) is 5.92 Å². The van der Waals surface area contributed by atoms with E-state index in [-0.39, 0.29) is 25.2 Å². The zero-order valence-electron chi connectivity index (χ0n) is 16.7. The van der Waals surface area contributed by atoms with Crippen LogP contribution in [0.3, 0.4) is 0 Å². The second-order valence-corrected chi connectivity index (χ2v) is 7.40. The Kier molecular flexibility index (Phi) is 7.50. The van der Waals surface area contributed by atoms with Crippen LogP contribution in [0.15, 0.2) is 54.6 Å². The van der Waals surface area contributed by atoms with Crippen LogP contribution in [0.25, 0.3) is 0 Å². The molecule has 0 unspecified atom stereocenters.